The van der Waals surface area contributed by atoms with E-state index in [9.17, 15) is 8.42 Å². The molecule has 2 aromatic carbocycles. The fraction of sp³-hybridized carbons (Fsp3) is 0.286. The highest BCUT2D eigenvalue weighted by atomic mass is 32.2. The van der Waals surface area contributed by atoms with E-state index in [0.29, 0.717) is 11.4 Å². The summed E-state index contributed by atoms with van der Waals surface area (Å²) >= 11 is 0. The van der Waals surface area contributed by atoms with Crippen LogP contribution in [0.1, 0.15) is 30.3 Å². The van der Waals surface area contributed by atoms with Gasteiger partial charge in [0.15, 0.2) is 0 Å². The second-order valence-electron chi connectivity index (χ2n) is 6.79. The number of rotatable bonds is 7. The first kappa shape index (κ1) is 19.3. The third-order valence-electron chi connectivity index (χ3n) is 4.56. The Bertz CT molecular complexity index is 997. The van der Waals surface area contributed by atoms with Gasteiger partial charge in [0.25, 0.3) is 0 Å². The van der Waals surface area contributed by atoms with Gasteiger partial charge in [0.05, 0.1) is 17.1 Å². The number of aromatic nitrogens is 2. The fourth-order valence-corrected chi connectivity index (χ4v) is 4.92. The molecule has 0 aliphatic carbocycles. The van der Waals surface area contributed by atoms with Crippen molar-refractivity contribution < 1.29 is 8.42 Å². The van der Waals surface area contributed by atoms with E-state index in [1.54, 1.807) is 18.5 Å². The lowest BCUT2D eigenvalue weighted by Gasteiger charge is -2.14. The van der Waals surface area contributed by atoms with Gasteiger partial charge in [-0.1, -0.05) is 48.5 Å². The Balaban J connectivity index is 1.78. The number of aryl methyl sites for hydroxylation is 2. The number of nitrogens with one attached hydrogen (secondary N) is 1. The maximum atomic E-state index is 13.0. The first-order valence-corrected chi connectivity index (χ1v) is 10.5. The molecule has 0 aliphatic heterocycles. The van der Waals surface area contributed by atoms with E-state index in [1.807, 2.05) is 55.5 Å². The van der Waals surface area contributed by atoms with Gasteiger partial charge in [-0.3, -0.25) is 0 Å². The normalized spacial score (nSPS) is 12.9. The third-order valence-corrected chi connectivity index (χ3v) is 6.40. The Kier molecular flexibility index (Phi) is 5.77. The summed E-state index contributed by atoms with van der Waals surface area (Å²) in [4.78, 5) is 0.262. The van der Waals surface area contributed by atoms with Crippen LogP contribution in [0.2, 0.25) is 0 Å². The number of nitrogens with zero attached hydrogens (tertiary/aromatic N) is 2. The molecule has 6 heteroatoms. The van der Waals surface area contributed by atoms with Crippen LogP contribution in [0.5, 0.6) is 0 Å². The van der Waals surface area contributed by atoms with Crippen molar-refractivity contribution in [2.45, 2.75) is 44.6 Å². The van der Waals surface area contributed by atoms with Crippen LogP contribution < -0.4 is 4.72 Å². The van der Waals surface area contributed by atoms with Crippen molar-refractivity contribution in [2.75, 3.05) is 0 Å². The monoisotopic (exact) mass is 383 g/mol. The second-order valence-corrected chi connectivity index (χ2v) is 8.44. The molecule has 142 valence electrons. The SMILES string of the molecule is Cc1nn(-c2ccccc2)c(C)c1S(=O)(=O)NC(C)CCc1ccccc1. The van der Waals surface area contributed by atoms with Gasteiger partial charge < -0.3 is 0 Å². The zero-order chi connectivity index (χ0) is 19.4. The van der Waals surface area contributed by atoms with Crippen molar-refractivity contribution in [3.8, 4) is 5.69 Å². The zero-order valence-corrected chi connectivity index (χ0v) is 16.7. The number of para-hydroxylation sites is 1. The molecular weight excluding hydrogens is 358 g/mol. The molecule has 0 bridgehead atoms. The number of benzene rings is 2. The van der Waals surface area contributed by atoms with E-state index < -0.39 is 10.0 Å². The molecule has 1 heterocycles. The molecule has 0 spiro atoms. The molecule has 1 unspecified atom stereocenters. The quantitative estimate of drug-likeness (QED) is 0.675. The third kappa shape index (κ3) is 4.46. The van der Waals surface area contributed by atoms with Crippen molar-refractivity contribution in [3.63, 3.8) is 0 Å². The van der Waals surface area contributed by atoms with Gasteiger partial charge >= 0.3 is 0 Å². The molecule has 27 heavy (non-hydrogen) atoms. The van der Waals surface area contributed by atoms with Crippen LogP contribution in [0.15, 0.2) is 65.6 Å². The second kappa shape index (κ2) is 8.06. The molecule has 1 N–H and O–H groups in total. The molecule has 0 amide bonds. The minimum atomic E-state index is -3.65. The molecule has 0 saturated heterocycles. The van der Waals surface area contributed by atoms with Crippen molar-refractivity contribution in [1.82, 2.24) is 14.5 Å². The molecular formula is C21H25N3O2S. The maximum absolute atomic E-state index is 13.0. The predicted molar refractivity (Wildman–Crippen MR) is 108 cm³/mol. The molecule has 0 radical (unpaired) electrons. The Labute approximate surface area is 161 Å². The average Bonchev–Trinajstić information content (AvgIpc) is 2.96. The Morgan fingerprint density at radius 2 is 1.59 bits per heavy atom. The maximum Gasteiger partial charge on any atom is 0.244 e. The van der Waals surface area contributed by atoms with E-state index >= 15 is 0 Å². The lowest BCUT2D eigenvalue weighted by atomic mass is 10.1. The summed E-state index contributed by atoms with van der Waals surface area (Å²) in [6, 6.07) is 19.5. The van der Waals surface area contributed by atoms with E-state index in [-0.39, 0.29) is 10.9 Å². The average molecular weight is 384 g/mol. The van der Waals surface area contributed by atoms with Crippen molar-refractivity contribution in [1.29, 1.82) is 0 Å². The van der Waals surface area contributed by atoms with Gasteiger partial charge in [0.2, 0.25) is 10.0 Å². The van der Waals surface area contributed by atoms with Crippen LogP contribution in [-0.4, -0.2) is 24.2 Å². The summed E-state index contributed by atoms with van der Waals surface area (Å²) in [7, 11) is -3.65. The van der Waals surface area contributed by atoms with Gasteiger partial charge in [-0.25, -0.2) is 17.8 Å². The summed E-state index contributed by atoms with van der Waals surface area (Å²) in [6.07, 6.45) is 1.56. The highest BCUT2D eigenvalue weighted by molar-refractivity contribution is 7.89. The Morgan fingerprint density at radius 1 is 1.00 bits per heavy atom. The van der Waals surface area contributed by atoms with Crippen LogP contribution in [0.25, 0.3) is 5.69 Å². The van der Waals surface area contributed by atoms with Crippen LogP contribution in [-0.2, 0) is 16.4 Å². The summed E-state index contributed by atoms with van der Waals surface area (Å²) in [5.74, 6) is 0. The van der Waals surface area contributed by atoms with Crippen LogP contribution in [0.3, 0.4) is 0 Å². The summed E-state index contributed by atoms with van der Waals surface area (Å²) in [6.45, 7) is 5.42. The molecule has 0 saturated carbocycles. The van der Waals surface area contributed by atoms with E-state index in [1.165, 1.54) is 5.56 Å². The summed E-state index contributed by atoms with van der Waals surface area (Å²) < 4.78 is 30.4. The van der Waals surface area contributed by atoms with Gasteiger partial charge in [0.1, 0.15) is 4.90 Å². The molecule has 1 atom stereocenters. The highest BCUT2D eigenvalue weighted by Crippen LogP contribution is 2.23. The van der Waals surface area contributed by atoms with Gasteiger partial charge in [-0.15, -0.1) is 0 Å². The molecule has 1 aromatic heterocycles. The first-order valence-electron chi connectivity index (χ1n) is 9.06. The topological polar surface area (TPSA) is 64.0 Å². The largest absolute Gasteiger partial charge is 0.244 e. The zero-order valence-electron chi connectivity index (χ0n) is 15.9. The summed E-state index contributed by atoms with van der Waals surface area (Å²) in [5, 5.41) is 4.45. The van der Waals surface area contributed by atoms with Gasteiger partial charge in [-0.05, 0) is 51.3 Å². The predicted octanol–water partition coefficient (Wildman–Crippen LogP) is 3.79. The molecule has 5 nitrogen and oxygen atoms in total. The lowest BCUT2D eigenvalue weighted by Crippen LogP contribution is -2.33. The summed E-state index contributed by atoms with van der Waals surface area (Å²) in [5.41, 5.74) is 3.16. The Morgan fingerprint density at radius 3 is 2.22 bits per heavy atom. The molecule has 3 rings (SSSR count). The number of hydrogen-bond donors (Lipinski definition) is 1. The smallest absolute Gasteiger partial charge is 0.236 e. The number of sulfonamides is 1. The molecule has 0 aliphatic rings. The first-order chi connectivity index (χ1) is 12.9. The van der Waals surface area contributed by atoms with Crippen molar-refractivity contribution >= 4 is 10.0 Å². The van der Waals surface area contributed by atoms with Gasteiger partial charge in [0, 0.05) is 6.04 Å². The van der Waals surface area contributed by atoms with Crippen molar-refractivity contribution in [2.24, 2.45) is 0 Å². The van der Waals surface area contributed by atoms with Crippen LogP contribution in [0.4, 0.5) is 0 Å². The van der Waals surface area contributed by atoms with E-state index in [2.05, 4.69) is 22.0 Å². The molecule has 0 fully saturated rings. The van der Waals surface area contributed by atoms with E-state index in [4.69, 9.17) is 0 Å². The van der Waals surface area contributed by atoms with Gasteiger partial charge in [-0.2, -0.15) is 5.10 Å². The standard InChI is InChI=1S/C21H25N3O2S/c1-16(14-15-19-10-6-4-7-11-19)23-27(25,26)21-17(2)22-24(18(21)3)20-12-8-5-9-13-20/h4-13,16,23H,14-15H2,1-3H3. The van der Waals surface area contributed by atoms with E-state index in [0.717, 1.165) is 18.5 Å². The lowest BCUT2D eigenvalue weighted by molar-refractivity contribution is 0.546. The molecule has 3 aromatic rings. The fourth-order valence-electron chi connectivity index (χ4n) is 3.25. The minimum Gasteiger partial charge on any atom is -0.236 e. The number of hydrogen-bond acceptors (Lipinski definition) is 3. The minimum absolute atomic E-state index is 0.172. The Hall–Kier alpha value is -2.44. The highest BCUT2D eigenvalue weighted by Gasteiger charge is 2.26. The van der Waals surface area contributed by atoms with Crippen LogP contribution in [0, 0.1) is 13.8 Å². The van der Waals surface area contributed by atoms with Crippen LogP contribution >= 0.6 is 0 Å². The van der Waals surface area contributed by atoms with Crippen molar-refractivity contribution in [3.05, 3.63) is 77.6 Å².